The highest BCUT2D eigenvalue weighted by molar-refractivity contribution is 6.12. The molecule has 148 valence electrons. The smallest absolute Gasteiger partial charge is 0.257 e. The first-order chi connectivity index (χ1) is 14.7. The molecule has 7 nitrogen and oxygen atoms in total. The molecule has 4 rings (SSSR count). The fraction of sp³-hybridized carbons (Fsp3) is 0.0435. The van der Waals surface area contributed by atoms with E-state index < -0.39 is 0 Å². The maximum atomic E-state index is 12.8. The summed E-state index contributed by atoms with van der Waals surface area (Å²) in [6, 6.07) is 17.4. The fourth-order valence-corrected chi connectivity index (χ4v) is 3.06. The van der Waals surface area contributed by atoms with Gasteiger partial charge < -0.3 is 15.4 Å². The van der Waals surface area contributed by atoms with E-state index in [1.165, 1.54) is 13.3 Å². The Balaban J connectivity index is 1.55. The molecule has 0 aliphatic rings. The van der Waals surface area contributed by atoms with Gasteiger partial charge in [0.05, 0.1) is 23.9 Å². The summed E-state index contributed by atoms with van der Waals surface area (Å²) < 4.78 is 5.39. The Morgan fingerprint density at radius 3 is 2.57 bits per heavy atom. The number of benzene rings is 2. The van der Waals surface area contributed by atoms with Crippen LogP contribution in [0.15, 0.2) is 79.3 Å². The first-order valence-corrected chi connectivity index (χ1v) is 9.20. The van der Waals surface area contributed by atoms with Gasteiger partial charge in [-0.25, -0.2) is 0 Å². The number of hydrogen-bond donors (Lipinski definition) is 2. The number of fused-ring (bicyclic) bond motifs is 1. The van der Waals surface area contributed by atoms with Crippen LogP contribution in [0.3, 0.4) is 0 Å². The predicted octanol–water partition coefficient (Wildman–Crippen LogP) is 4.14. The first-order valence-electron chi connectivity index (χ1n) is 9.20. The van der Waals surface area contributed by atoms with Crippen LogP contribution >= 0.6 is 0 Å². The highest BCUT2D eigenvalue weighted by Crippen LogP contribution is 2.29. The number of rotatable bonds is 5. The first kappa shape index (κ1) is 19.1. The summed E-state index contributed by atoms with van der Waals surface area (Å²) in [4.78, 5) is 33.4. The topological polar surface area (TPSA) is 93.2 Å². The molecule has 7 heteroatoms. The fourth-order valence-electron chi connectivity index (χ4n) is 3.06. The van der Waals surface area contributed by atoms with Crippen LogP contribution in [-0.4, -0.2) is 28.9 Å². The number of ether oxygens (including phenoxy) is 1. The van der Waals surface area contributed by atoms with Gasteiger partial charge in [0.25, 0.3) is 11.8 Å². The van der Waals surface area contributed by atoms with E-state index >= 15 is 0 Å². The third-order valence-corrected chi connectivity index (χ3v) is 4.52. The van der Waals surface area contributed by atoms with Crippen molar-refractivity contribution in [2.45, 2.75) is 0 Å². The van der Waals surface area contributed by atoms with Crippen molar-refractivity contribution in [1.82, 2.24) is 9.97 Å². The molecule has 2 aromatic carbocycles. The molecule has 2 N–H and O–H groups in total. The van der Waals surface area contributed by atoms with Crippen molar-refractivity contribution in [2.75, 3.05) is 17.7 Å². The van der Waals surface area contributed by atoms with Gasteiger partial charge in [-0.3, -0.25) is 19.6 Å². The minimum absolute atomic E-state index is 0.261. The van der Waals surface area contributed by atoms with Crippen molar-refractivity contribution in [2.24, 2.45) is 0 Å². The number of aromatic nitrogens is 2. The quantitative estimate of drug-likeness (QED) is 0.527. The minimum Gasteiger partial charge on any atom is -0.494 e. The van der Waals surface area contributed by atoms with Crippen molar-refractivity contribution in [1.29, 1.82) is 0 Å². The second kappa shape index (κ2) is 8.40. The van der Waals surface area contributed by atoms with Crippen molar-refractivity contribution >= 4 is 34.1 Å². The SMILES string of the molecule is COc1cc(NC(=O)c2cccc3ncccc23)ccc1NC(=O)c1cccnc1. The average Bonchev–Trinajstić information content (AvgIpc) is 2.80. The summed E-state index contributed by atoms with van der Waals surface area (Å²) in [5.41, 5.74) is 2.72. The molecule has 0 fully saturated rings. The molecule has 2 heterocycles. The lowest BCUT2D eigenvalue weighted by atomic mass is 10.1. The molecule has 2 aromatic heterocycles. The Bertz CT molecular complexity index is 1220. The maximum absolute atomic E-state index is 12.8. The van der Waals surface area contributed by atoms with Gasteiger partial charge in [0.1, 0.15) is 5.75 Å². The van der Waals surface area contributed by atoms with Crippen LogP contribution in [-0.2, 0) is 0 Å². The Morgan fingerprint density at radius 1 is 0.900 bits per heavy atom. The summed E-state index contributed by atoms with van der Waals surface area (Å²) >= 11 is 0. The van der Waals surface area contributed by atoms with Crippen LogP contribution in [0.25, 0.3) is 10.9 Å². The molecule has 0 bridgehead atoms. The summed E-state index contributed by atoms with van der Waals surface area (Å²) in [6.45, 7) is 0. The molecular formula is C23H18N4O3. The standard InChI is InChI=1S/C23H18N4O3/c1-30-21-13-16(9-10-20(21)27-22(28)15-5-3-11-24-14-15)26-23(29)18-6-2-8-19-17(18)7-4-12-25-19/h2-14H,1H3,(H,26,29)(H,27,28). The molecule has 4 aromatic rings. The van der Waals surface area contributed by atoms with Crippen molar-refractivity contribution in [3.05, 3.63) is 90.4 Å². The number of anilines is 2. The van der Waals surface area contributed by atoms with E-state index in [9.17, 15) is 9.59 Å². The molecule has 0 saturated heterocycles. The van der Waals surface area contributed by atoms with Crippen LogP contribution in [0.1, 0.15) is 20.7 Å². The van der Waals surface area contributed by atoms with Gasteiger partial charge in [-0.15, -0.1) is 0 Å². The van der Waals surface area contributed by atoms with Crippen LogP contribution in [0.4, 0.5) is 11.4 Å². The molecular weight excluding hydrogens is 380 g/mol. The molecule has 0 aliphatic carbocycles. The minimum atomic E-state index is -0.304. The van der Waals surface area contributed by atoms with Gasteiger partial charge in [-0.1, -0.05) is 12.1 Å². The number of amides is 2. The van der Waals surface area contributed by atoms with E-state index in [-0.39, 0.29) is 11.8 Å². The Labute approximate surface area is 172 Å². The van der Waals surface area contributed by atoms with Gasteiger partial charge in [0, 0.05) is 41.3 Å². The molecule has 2 amide bonds. The maximum Gasteiger partial charge on any atom is 0.257 e. The summed E-state index contributed by atoms with van der Waals surface area (Å²) in [5.74, 6) is -0.145. The number of carbonyl (C=O) groups is 2. The van der Waals surface area contributed by atoms with Gasteiger partial charge in [0.15, 0.2) is 0 Å². The van der Waals surface area contributed by atoms with E-state index in [1.807, 2.05) is 12.1 Å². The van der Waals surface area contributed by atoms with E-state index in [1.54, 1.807) is 60.9 Å². The number of nitrogens with one attached hydrogen (secondary N) is 2. The lowest BCUT2D eigenvalue weighted by molar-refractivity contribution is 0.101. The number of carbonyl (C=O) groups excluding carboxylic acids is 2. The lowest BCUT2D eigenvalue weighted by Crippen LogP contribution is -2.14. The van der Waals surface area contributed by atoms with E-state index in [0.29, 0.717) is 28.3 Å². The lowest BCUT2D eigenvalue weighted by Gasteiger charge is -2.13. The van der Waals surface area contributed by atoms with Gasteiger partial charge in [0.2, 0.25) is 0 Å². The molecule has 0 spiro atoms. The van der Waals surface area contributed by atoms with Crippen molar-refractivity contribution in [3.63, 3.8) is 0 Å². The molecule has 0 atom stereocenters. The zero-order chi connectivity index (χ0) is 20.9. The molecule has 0 radical (unpaired) electrons. The van der Waals surface area contributed by atoms with E-state index in [2.05, 4.69) is 20.6 Å². The third kappa shape index (κ3) is 3.95. The Morgan fingerprint density at radius 2 is 1.77 bits per heavy atom. The van der Waals surface area contributed by atoms with Crippen LogP contribution in [0.5, 0.6) is 5.75 Å². The summed E-state index contributed by atoms with van der Waals surface area (Å²) in [7, 11) is 1.50. The molecule has 0 saturated carbocycles. The van der Waals surface area contributed by atoms with E-state index in [4.69, 9.17) is 4.74 Å². The normalized spacial score (nSPS) is 10.4. The number of hydrogen-bond acceptors (Lipinski definition) is 5. The predicted molar refractivity (Wildman–Crippen MR) is 115 cm³/mol. The van der Waals surface area contributed by atoms with Gasteiger partial charge >= 0.3 is 0 Å². The number of nitrogens with zero attached hydrogens (tertiary/aromatic N) is 2. The molecule has 30 heavy (non-hydrogen) atoms. The molecule has 0 unspecified atom stereocenters. The largest absolute Gasteiger partial charge is 0.494 e. The van der Waals surface area contributed by atoms with Crippen LogP contribution in [0, 0.1) is 0 Å². The third-order valence-electron chi connectivity index (χ3n) is 4.52. The zero-order valence-electron chi connectivity index (χ0n) is 16.1. The highest BCUT2D eigenvalue weighted by Gasteiger charge is 2.14. The van der Waals surface area contributed by atoms with Crippen molar-refractivity contribution in [3.8, 4) is 5.75 Å². The Hall–Kier alpha value is -4.26. The highest BCUT2D eigenvalue weighted by atomic mass is 16.5. The van der Waals surface area contributed by atoms with Crippen LogP contribution in [0.2, 0.25) is 0 Å². The Kier molecular flexibility index (Phi) is 5.34. The van der Waals surface area contributed by atoms with Crippen LogP contribution < -0.4 is 15.4 Å². The summed E-state index contributed by atoms with van der Waals surface area (Å²) in [5, 5.41) is 6.43. The van der Waals surface area contributed by atoms with Crippen molar-refractivity contribution < 1.29 is 14.3 Å². The number of pyridine rings is 2. The average molecular weight is 398 g/mol. The van der Waals surface area contributed by atoms with Gasteiger partial charge in [-0.05, 0) is 42.5 Å². The molecule has 0 aliphatic heterocycles. The summed E-state index contributed by atoms with van der Waals surface area (Å²) in [6.07, 6.45) is 4.77. The monoisotopic (exact) mass is 398 g/mol. The zero-order valence-corrected chi connectivity index (χ0v) is 16.1. The second-order valence-electron chi connectivity index (χ2n) is 6.44. The van der Waals surface area contributed by atoms with Gasteiger partial charge in [-0.2, -0.15) is 0 Å². The second-order valence-corrected chi connectivity index (χ2v) is 6.44. The number of methoxy groups -OCH3 is 1. The van der Waals surface area contributed by atoms with E-state index in [0.717, 1.165) is 10.9 Å².